The van der Waals surface area contributed by atoms with Crippen molar-refractivity contribution in [1.82, 2.24) is 19.9 Å². The van der Waals surface area contributed by atoms with Crippen molar-refractivity contribution < 1.29 is 4.42 Å². The van der Waals surface area contributed by atoms with Crippen molar-refractivity contribution in [1.29, 1.82) is 0 Å². The van der Waals surface area contributed by atoms with Crippen molar-refractivity contribution in [2.45, 2.75) is 26.2 Å². The van der Waals surface area contributed by atoms with Gasteiger partial charge in [0, 0.05) is 41.5 Å². The van der Waals surface area contributed by atoms with E-state index in [4.69, 9.17) is 14.4 Å². The van der Waals surface area contributed by atoms with Crippen LogP contribution in [0.2, 0.25) is 0 Å². The molecular weight excluding hydrogens is 374 g/mol. The maximum absolute atomic E-state index is 5.94. The van der Waals surface area contributed by atoms with Crippen LogP contribution < -0.4 is 5.32 Å². The van der Waals surface area contributed by atoms with E-state index >= 15 is 0 Å². The molecule has 30 heavy (non-hydrogen) atoms. The van der Waals surface area contributed by atoms with Gasteiger partial charge in [-0.25, -0.2) is 15.0 Å². The second-order valence-corrected chi connectivity index (χ2v) is 7.17. The van der Waals surface area contributed by atoms with Crippen LogP contribution in [0.4, 0.5) is 11.5 Å². The van der Waals surface area contributed by atoms with Crippen LogP contribution in [0.5, 0.6) is 0 Å². The number of nitrogens with zero attached hydrogens (tertiary/aromatic N) is 4. The zero-order valence-corrected chi connectivity index (χ0v) is 16.7. The molecule has 6 heteroatoms. The number of pyridine rings is 1. The third kappa shape index (κ3) is 3.59. The molecule has 0 radical (unpaired) electrons. The first kappa shape index (κ1) is 18.2. The lowest BCUT2D eigenvalue weighted by Gasteiger charge is -2.11. The molecule has 0 fully saturated rings. The van der Waals surface area contributed by atoms with Gasteiger partial charge in [0.2, 0.25) is 0 Å². The van der Waals surface area contributed by atoms with Crippen LogP contribution in [0.3, 0.4) is 0 Å². The molecule has 0 saturated carbocycles. The summed E-state index contributed by atoms with van der Waals surface area (Å²) in [6, 6.07) is 17.7. The summed E-state index contributed by atoms with van der Waals surface area (Å²) in [6.45, 7) is 2.16. The van der Waals surface area contributed by atoms with E-state index in [-0.39, 0.29) is 0 Å². The summed E-state index contributed by atoms with van der Waals surface area (Å²) < 4.78 is 5.94. The fraction of sp³-hybridized carbons (Fsp3) is 0.167. The van der Waals surface area contributed by atoms with Gasteiger partial charge >= 0.3 is 0 Å². The molecule has 0 aliphatic heterocycles. The minimum atomic E-state index is 0.654. The van der Waals surface area contributed by atoms with Gasteiger partial charge in [-0.05, 0) is 42.8 Å². The molecule has 0 saturated heterocycles. The summed E-state index contributed by atoms with van der Waals surface area (Å²) in [6.07, 6.45) is 6.54. The predicted molar refractivity (Wildman–Crippen MR) is 119 cm³/mol. The summed E-state index contributed by atoms with van der Waals surface area (Å²) in [5, 5.41) is 4.40. The van der Waals surface area contributed by atoms with Crippen LogP contribution in [-0.2, 0) is 6.42 Å². The van der Waals surface area contributed by atoms with Gasteiger partial charge in [-0.3, -0.25) is 4.98 Å². The number of benzene rings is 2. The lowest BCUT2D eigenvalue weighted by molar-refractivity contribution is 0.518. The Hall–Kier alpha value is -3.80. The maximum Gasteiger partial charge on any atom is 0.195 e. The largest absolute Gasteiger partial charge is 0.441 e. The van der Waals surface area contributed by atoms with Crippen molar-refractivity contribution in [3.63, 3.8) is 0 Å². The number of anilines is 2. The number of unbranched alkanes of at least 4 members (excludes halogenated alkanes) is 1. The van der Waals surface area contributed by atoms with Gasteiger partial charge in [0.25, 0.3) is 0 Å². The van der Waals surface area contributed by atoms with Crippen LogP contribution >= 0.6 is 0 Å². The Morgan fingerprint density at radius 3 is 2.63 bits per heavy atom. The number of fused-ring (bicyclic) bond motifs is 2. The topological polar surface area (TPSA) is 76.7 Å². The van der Waals surface area contributed by atoms with E-state index < -0.39 is 0 Å². The molecule has 3 heterocycles. The Labute approximate surface area is 174 Å². The lowest BCUT2D eigenvalue weighted by atomic mass is 10.2. The molecule has 0 amide bonds. The van der Waals surface area contributed by atoms with Crippen molar-refractivity contribution in [2.75, 3.05) is 5.32 Å². The fourth-order valence-electron chi connectivity index (χ4n) is 3.42. The monoisotopic (exact) mass is 395 g/mol. The average molecular weight is 395 g/mol. The molecule has 1 N–H and O–H groups in total. The Bertz CT molecular complexity index is 1310. The number of aromatic nitrogens is 4. The molecular formula is C24H21N5O. The van der Waals surface area contributed by atoms with Gasteiger partial charge < -0.3 is 9.73 Å². The molecule has 6 nitrogen and oxygen atoms in total. The Balaban J connectivity index is 1.54. The first-order valence-corrected chi connectivity index (χ1v) is 10.1. The van der Waals surface area contributed by atoms with Crippen LogP contribution in [0, 0.1) is 0 Å². The van der Waals surface area contributed by atoms with Gasteiger partial charge in [-0.2, -0.15) is 0 Å². The molecule has 0 aliphatic rings. The molecule has 5 aromatic rings. The first-order valence-electron chi connectivity index (χ1n) is 10.1. The van der Waals surface area contributed by atoms with Crippen molar-refractivity contribution >= 4 is 33.5 Å². The van der Waals surface area contributed by atoms with Gasteiger partial charge in [-0.1, -0.05) is 25.5 Å². The average Bonchev–Trinajstić information content (AvgIpc) is 3.20. The van der Waals surface area contributed by atoms with E-state index in [1.165, 1.54) is 0 Å². The summed E-state index contributed by atoms with van der Waals surface area (Å²) in [5.74, 6) is 2.19. The fourth-order valence-corrected chi connectivity index (χ4v) is 3.42. The summed E-state index contributed by atoms with van der Waals surface area (Å²) in [4.78, 5) is 18.2. The van der Waals surface area contributed by atoms with E-state index in [0.717, 1.165) is 64.2 Å². The second-order valence-electron chi connectivity index (χ2n) is 7.17. The molecule has 5 rings (SSSR count). The summed E-state index contributed by atoms with van der Waals surface area (Å²) >= 11 is 0. The van der Waals surface area contributed by atoms with Crippen LogP contribution in [0.25, 0.3) is 33.4 Å². The summed E-state index contributed by atoms with van der Waals surface area (Å²) in [5.41, 5.74) is 4.34. The highest BCUT2D eigenvalue weighted by atomic mass is 16.3. The highest BCUT2D eigenvalue weighted by Crippen LogP contribution is 2.29. The number of nitrogens with one attached hydrogen (secondary N) is 1. The van der Waals surface area contributed by atoms with Gasteiger partial charge in [0.15, 0.2) is 17.3 Å². The third-order valence-electron chi connectivity index (χ3n) is 4.98. The molecule has 0 bridgehead atoms. The number of hydrogen-bond donors (Lipinski definition) is 1. The smallest absolute Gasteiger partial charge is 0.195 e. The quantitative estimate of drug-likeness (QED) is 0.385. The normalized spacial score (nSPS) is 11.2. The second kappa shape index (κ2) is 7.91. The minimum Gasteiger partial charge on any atom is -0.441 e. The summed E-state index contributed by atoms with van der Waals surface area (Å²) in [7, 11) is 0. The molecule has 2 aromatic carbocycles. The SMILES string of the molecule is CCCCc1nc2ccc(Nc3nc(-c4ccncc4)nc4ccccc34)cc2o1. The first-order chi connectivity index (χ1) is 14.8. The van der Waals surface area contributed by atoms with Gasteiger partial charge in [0.05, 0.1) is 5.52 Å². The Morgan fingerprint density at radius 1 is 0.900 bits per heavy atom. The minimum absolute atomic E-state index is 0.654. The maximum atomic E-state index is 5.94. The number of aryl methyl sites for hydroxylation is 1. The molecule has 0 aliphatic carbocycles. The van der Waals surface area contributed by atoms with E-state index in [2.05, 4.69) is 22.2 Å². The van der Waals surface area contributed by atoms with Crippen LogP contribution in [0.15, 0.2) is 71.4 Å². The van der Waals surface area contributed by atoms with E-state index in [0.29, 0.717) is 5.82 Å². The Morgan fingerprint density at radius 2 is 1.77 bits per heavy atom. The molecule has 148 valence electrons. The van der Waals surface area contributed by atoms with E-state index in [9.17, 15) is 0 Å². The molecule has 0 atom stereocenters. The van der Waals surface area contributed by atoms with E-state index in [1.807, 2.05) is 54.6 Å². The van der Waals surface area contributed by atoms with Crippen molar-refractivity contribution in [3.8, 4) is 11.4 Å². The van der Waals surface area contributed by atoms with Crippen LogP contribution in [0.1, 0.15) is 25.7 Å². The predicted octanol–water partition coefficient (Wildman–Crippen LogP) is 5.92. The number of rotatable bonds is 6. The standard InChI is InChI=1S/C24H21N5O/c1-2-3-8-22-27-20-10-9-17(15-21(20)30-22)26-24-18-6-4-5-7-19(18)28-23(29-24)16-11-13-25-14-12-16/h4-7,9-15H,2-3,8H2,1H3,(H,26,28,29). The van der Waals surface area contributed by atoms with E-state index in [1.54, 1.807) is 12.4 Å². The van der Waals surface area contributed by atoms with Gasteiger partial charge in [-0.15, -0.1) is 0 Å². The zero-order valence-electron chi connectivity index (χ0n) is 16.7. The Kier molecular flexibility index (Phi) is 4.81. The molecule has 3 aromatic heterocycles. The molecule has 0 spiro atoms. The van der Waals surface area contributed by atoms with Crippen LogP contribution in [-0.4, -0.2) is 19.9 Å². The van der Waals surface area contributed by atoms with Crippen molar-refractivity contribution in [2.24, 2.45) is 0 Å². The number of hydrogen-bond acceptors (Lipinski definition) is 6. The lowest BCUT2D eigenvalue weighted by Crippen LogP contribution is -1.99. The highest BCUT2D eigenvalue weighted by molar-refractivity contribution is 5.92. The molecule has 0 unspecified atom stereocenters. The third-order valence-corrected chi connectivity index (χ3v) is 4.98. The van der Waals surface area contributed by atoms with Gasteiger partial charge in [0.1, 0.15) is 11.3 Å². The van der Waals surface area contributed by atoms with Crippen molar-refractivity contribution in [3.05, 3.63) is 72.9 Å². The number of para-hydroxylation sites is 1. The number of oxazole rings is 1. The zero-order chi connectivity index (χ0) is 20.3. The highest BCUT2D eigenvalue weighted by Gasteiger charge is 2.11.